The Labute approximate surface area is 229 Å². The van der Waals surface area contributed by atoms with Crippen molar-refractivity contribution in [2.45, 2.75) is 60.8 Å². The summed E-state index contributed by atoms with van der Waals surface area (Å²) < 4.78 is 9.84. The van der Waals surface area contributed by atoms with Crippen LogP contribution >= 0.6 is 0 Å². The van der Waals surface area contributed by atoms with Crippen molar-refractivity contribution in [3.8, 4) is 0 Å². The molecule has 1 heterocycles. The fraction of sp³-hybridized carbons (Fsp3) is 0.680. The van der Waals surface area contributed by atoms with Gasteiger partial charge in [0, 0.05) is 19.8 Å². The largest absolute Gasteiger partial charge is 1.00 e. The Morgan fingerprint density at radius 2 is 1.53 bits per heavy atom. The third-order valence-electron chi connectivity index (χ3n) is 5.18. The molecule has 1 aromatic rings. The van der Waals surface area contributed by atoms with Crippen molar-refractivity contribution in [1.82, 2.24) is 0 Å². The van der Waals surface area contributed by atoms with Crippen molar-refractivity contribution < 1.29 is 54.7 Å². The Kier molecular flexibility index (Phi) is 20.5. The molecule has 1 aliphatic heterocycles. The number of aliphatic hydroxyl groups excluding tert-OH is 3. The molecule has 0 aliphatic carbocycles. The molecule has 7 nitrogen and oxygen atoms in total. The number of hydrogen-bond donors (Lipinski definition) is 3. The van der Waals surface area contributed by atoms with Gasteiger partial charge in [0.2, 0.25) is 0 Å². The molecule has 0 amide bonds. The third kappa shape index (κ3) is 16.7. The van der Waals surface area contributed by atoms with Crippen LogP contribution in [0.4, 0.5) is 0 Å². The van der Waals surface area contributed by atoms with E-state index in [2.05, 4.69) is 0 Å². The molecule has 2 rings (SSSR count). The maximum atomic E-state index is 11.5. The van der Waals surface area contributed by atoms with E-state index in [9.17, 15) is 9.59 Å². The maximum absolute atomic E-state index is 11.5. The minimum absolute atomic E-state index is 0. The van der Waals surface area contributed by atoms with Crippen molar-refractivity contribution in [1.29, 1.82) is 0 Å². The van der Waals surface area contributed by atoms with Gasteiger partial charge in [-0.3, -0.25) is 4.79 Å². The van der Waals surface area contributed by atoms with Gasteiger partial charge in [0.05, 0.1) is 24.2 Å². The summed E-state index contributed by atoms with van der Waals surface area (Å²) in [6, 6.07) is 8.90. The molecule has 0 spiro atoms. The molecule has 9 heteroatoms. The average molecular weight is 493 g/mol. The number of esters is 2. The van der Waals surface area contributed by atoms with E-state index in [4.69, 9.17) is 24.8 Å². The van der Waals surface area contributed by atoms with Gasteiger partial charge in [0.1, 0.15) is 0 Å². The molecule has 1 fully saturated rings. The number of cyclic esters (lactones) is 1. The summed E-state index contributed by atoms with van der Waals surface area (Å²) in [4.78, 5) is 22.2. The van der Waals surface area contributed by atoms with Crippen molar-refractivity contribution in [2.24, 2.45) is 16.2 Å². The zero-order valence-electron chi connectivity index (χ0n) is 22.5. The number of carbonyl (C=O) groups excluding carboxylic acids is 2. The molecule has 3 N–H and O–H groups in total. The van der Waals surface area contributed by atoms with E-state index >= 15 is 0 Å². The fourth-order valence-corrected chi connectivity index (χ4v) is 2.23. The topological polar surface area (TPSA) is 113 Å². The quantitative estimate of drug-likeness (QED) is 0.332. The second-order valence-corrected chi connectivity index (χ2v) is 10.1. The molecule has 1 aliphatic rings. The van der Waals surface area contributed by atoms with Crippen LogP contribution in [0.2, 0.25) is 0 Å². The first kappa shape index (κ1) is 37.7. The van der Waals surface area contributed by atoms with Crippen molar-refractivity contribution in [3.05, 3.63) is 35.9 Å². The van der Waals surface area contributed by atoms with E-state index in [1.54, 1.807) is 24.3 Å². The summed E-state index contributed by atoms with van der Waals surface area (Å²) in [5, 5.41) is 26.1. The number of benzene rings is 1. The Bertz CT molecular complexity index is 686. The van der Waals surface area contributed by atoms with E-state index in [0.717, 1.165) is 6.42 Å². The summed E-state index contributed by atoms with van der Waals surface area (Å²) >= 11 is 0. The van der Waals surface area contributed by atoms with Crippen LogP contribution < -0.4 is 18.9 Å². The van der Waals surface area contributed by atoms with E-state index in [1.807, 2.05) is 47.6 Å². The van der Waals surface area contributed by atoms with Crippen molar-refractivity contribution >= 4 is 29.3 Å². The smallest absolute Gasteiger partial charge is 1.00 e. The summed E-state index contributed by atoms with van der Waals surface area (Å²) in [5.41, 5.74) is 0.0513. The van der Waals surface area contributed by atoms with Crippen LogP contribution in [0.1, 0.15) is 72.6 Å². The third-order valence-corrected chi connectivity index (χ3v) is 5.18. The molecular formula is C25H46AlLiO7. The number of hydrogen-bond acceptors (Lipinski definition) is 7. The molecular weight excluding hydrogens is 446 g/mol. The zero-order chi connectivity index (χ0) is 24.8. The fourth-order valence-electron chi connectivity index (χ4n) is 2.23. The van der Waals surface area contributed by atoms with Gasteiger partial charge in [-0.1, -0.05) is 45.9 Å². The molecule has 0 bridgehead atoms. The van der Waals surface area contributed by atoms with Gasteiger partial charge in [-0.2, -0.15) is 0 Å². The summed E-state index contributed by atoms with van der Waals surface area (Å²) in [6.45, 7) is 12.9. The minimum atomic E-state index is -0.311. The number of ether oxygens (including phenoxy) is 2. The van der Waals surface area contributed by atoms with E-state index in [-0.39, 0.29) is 85.7 Å². The van der Waals surface area contributed by atoms with Gasteiger partial charge in [-0.25, -0.2) is 4.79 Å². The summed E-state index contributed by atoms with van der Waals surface area (Å²) in [5.74, 6) is -0.369. The number of rotatable bonds is 8. The van der Waals surface area contributed by atoms with Crippen LogP contribution in [0.3, 0.4) is 0 Å². The predicted molar refractivity (Wildman–Crippen MR) is 135 cm³/mol. The van der Waals surface area contributed by atoms with E-state index < -0.39 is 0 Å². The average Bonchev–Trinajstić information content (AvgIpc) is 3.05. The van der Waals surface area contributed by atoms with E-state index in [0.29, 0.717) is 31.6 Å². The van der Waals surface area contributed by atoms with E-state index in [1.165, 1.54) is 0 Å². The standard InChI is InChI=1S/C13H18O3.C6H10O2.C6H14O2.Al.Li.4H/c1-13(2,10-14)8-9-16-12(15)11-6-4-3-5-7-11;1-6(2)3-4-8-5(6)7;1-6(2,5-8)3-4-7;;;;;;/h3-7,14H,8-10H2,1-2H3;3-4H2,1-2H3;7-8H,3-5H2,1-2H3;;;;;;/q;;;;+1;;;;-1. The van der Waals surface area contributed by atoms with Crippen LogP contribution in [0, 0.1) is 16.2 Å². The summed E-state index contributed by atoms with van der Waals surface area (Å²) in [6.07, 6.45) is 2.19. The van der Waals surface area contributed by atoms with Gasteiger partial charge in [-0.15, -0.1) is 0 Å². The van der Waals surface area contributed by atoms with Crippen LogP contribution in [0.15, 0.2) is 30.3 Å². The van der Waals surface area contributed by atoms with Gasteiger partial charge >= 0.3 is 30.8 Å². The molecule has 0 radical (unpaired) electrons. The van der Waals surface area contributed by atoms with Crippen LogP contribution in [0.5, 0.6) is 0 Å². The molecule has 192 valence electrons. The Hall–Kier alpha value is -0.830. The first-order chi connectivity index (χ1) is 14.8. The zero-order valence-corrected chi connectivity index (χ0v) is 21.5. The molecule has 1 aromatic carbocycles. The molecule has 0 aromatic heterocycles. The molecule has 0 unspecified atom stereocenters. The Balaban J connectivity index is -0.000000217. The van der Waals surface area contributed by atoms with Crippen LogP contribution in [-0.2, 0) is 14.3 Å². The van der Waals surface area contributed by atoms with Gasteiger partial charge < -0.3 is 26.2 Å². The van der Waals surface area contributed by atoms with Gasteiger partial charge in [0.15, 0.2) is 17.4 Å². The van der Waals surface area contributed by atoms with Crippen LogP contribution in [-0.4, -0.2) is 77.7 Å². The maximum Gasteiger partial charge on any atom is 1.00 e. The van der Waals surface area contributed by atoms with Gasteiger partial charge in [-0.05, 0) is 56.1 Å². The normalized spacial score (nSPS) is 14.1. The molecule has 1 saturated heterocycles. The van der Waals surface area contributed by atoms with Crippen molar-refractivity contribution in [2.75, 3.05) is 33.0 Å². The SMILES string of the molecule is CC(C)(CO)CCO.CC(C)(CO)CCOC(=O)c1ccccc1.CC1(C)CCOC1=O.[AlH3].[H-].[Li+]. The minimum Gasteiger partial charge on any atom is -1.00 e. The summed E-state index contributed by atoms with van der Waals surface area (Å²) in [7, 11) is 0. The molecule has 0 atom stereocenters. The molecule has 0 saturated carbocycles. The number of aliphatic hydroxyl groups is 3. The first-order valence-electron chi connectivity index (χ1n) is 11.0. The van der Waals surface area contributed by atoms with Crippen LogP contribution in [0.25, 0.3) is 0 Å². The Morgan fingerprint density at radius 1 is 1.03 bits per heavy atom. The Morgan fingerprint density at radius 3 is 1.85 bits per heavy atom. The van der Waals surface area contributed by atoms with Gasteiger partial charge in [0.25, 0.3) is 0 Å². The molecule has 34 heavy (non-hydrogen) atoms. The number of carbonyl (C=O) groups is 2. The second-order valence-electron chi connectivity index (χ2n) is 10.1. The second kappa shape index (κ2) is 18.4. The van der Waals surface area contributed by atoms with Crippen molar-refractivity contribution in [3.63, 3.8) is 0 Å². The first-order valence-corrected chi connectivity index (χ1v) is 11.0. The monoisotopic (exact) mass is 492 g/mol. The predicted octanol–water partition coefficient (Wildman–Crippen LogP) is -0.469.